The van der Waals surface area contributed by atoms with Crippen LogP contribution in [0.5, 0.6) is 11.5 Å². The van der Waals surface area contributed by atoms with Crippen molar-refractivity contribution in [1.29, 1.82) is 0 Å². The van der Waals surface area contributed by atoms with Gasteiger partial charge in [-0.2, -0.15) is 0 Å². The average Bonchev–Trinajstić information content (AvgIpc) is 2.59. The molecule has 0 saturated carbocycles. The van der Waals surface area contributed by atoms with Crippen molar-refractivity contribution in [1.82, 2.24) is 0 Å². The van der Waals surface area contributed by atoms with Crippen LogP contribution in [0.3, 0.4) is 0 Å². The van der Waals surface area contributed by atoms with E-state index in [0.29, 0.717) is 24.3 Å². The zero-order valence-electron chi connectivity index (χ0n) is 16.0. The normalized spacial score (nSPS) is 12.3. The maximum Gasteiger partial charge on any atom is 0.203 e. The summed E-state index contributed by atoms with van der Waals surface area (Å²) in [5, 5.41) is 0.449. The van der Waals surface area contributed by atoms with E-state index < -0.39 is 8.38 Å². The van der Waals surface area contributed by atoms with Gasteiger partial charge in [0.2, 0.25) is 8.38 Å². The lowest BCUT2D eigenvalue weighted by Crippen LogP contribution is -2.32. The van der Waals surface area contributed by atoms with Crippen LogP contribution in [0.25, 0.3) is 0 Å². The second-order valence-corrected chi connectivity index (χ2v) is 9.21. The van der Waals surface area contributed by atoms with Gasteiger partial charge < -0.3 is 19.3 Å². The Kier molecular flexibility index (Phi) is 7.05. The lowest BCUT2D eigenvalue weighted by Gasteiger charge is -2.34. The number of ether oxygens (including phenoxy) is 2. The van der Waals surface area contributed by atoms with Gasteiger partial charge in [0.25, 0.3) is 0 Å². The largest absolute Gasteiger partial charge is 0.493 e. The molecule has 0 unspecified atom stereocenters. The van der Waals surface area contributed by atoms with Gasteiger partial charge in [-0.15, -0.1) is 0 Å². The fraction of sp³-hybridized carbons (Fsp3) is 0.429. The molecule has 2 N–H and O–H groups in total. The third-order valence-electron chi connectivity index (χ3n) is 4.03. The third-order valence-corrected chi connectivity index (χ3v) is 4.83. The van der Waals surface area contributed by atoms with Gasteiger partial charge in [-0.1, -0.05) is 58.0 Å². The van der Waals surface area contributed by atoms with Crippen molar-refractivity contribution in [3.05, 3.63) is 54.6 Å². The molecular formula is C21H29O4P. The Morgan fingerprint density at radius 3 is 1.92 bits per heavy atom. The van der Waals surface area contributed by atoms with Gasteiger partial charge in [0.1, 0.15) is 11.5 Å². The minimum absolute atomic E-state index is 0.0250. The molecule has 0 spiro atoms. The summed E-state index contributed by atoms with van der Waals surface area (Å²) >= 11 is 0. The highest BCUT2D eigenvalue weighted by Gasteiger charge is 2.30. The third kappa shape index (κ3) is 6.60. The summed E-state index contributed by atoms with van der Waals surface area (Å²) in [7, 11) is -2.17. The van der Waals surface area contributed by atoms with Crippen LogP contribution >= 0.6 is 8.38 Å². The summed E-state index contributed by atoms with van der Waals surface area (Å²) in [4.78, 5) is 19.0. The maximum absolute atomic E-state index is 9.52. The van der Waals surface area contributed by atoms with Crippen molar-refractivity contribution in [3.63, 3.8) is 0 Å². The van der Waals surface area contributed by atoms with Crippen molar-refractivity contribution >= 4 is 13.7 Å². The van der Waals surface area contributed by atoms with Crippen molar-refractivity contribution in [2.24, 2.45) is 10.8 Å². The molecule has 0 amide bonds. The summed E-state index contributed by atoms with van der Waals surface area (Å²) in [5.74, 6) is 1.41. The van der Waals surface area contributed by atoms with Crippen LogP contribution in [0.4, 0.5) is 0 Å². The number of hydrogen-bond donors (Lipinski definition) is 2. The van der Waals surface area contributed by atoms with Gasteiger partial charge in [-0.3, -0.25) is 0 Å². The van der Waals surface area contributed by atoms with E-state index >= 15 is 0 Å². The molecule has 0 aliphatic carbocycles. The molecular weight excluding hydrogens is 347 g/mol. The lowest BCUT2D eigenvalue weighted by molar-refractivity contribution is 0.0818. The quantitative estimate of drug-likeness (QED) is 0.632. The van der Waals surface area contributed by atoms with Crippen LogP contribution in [0.15, 0.2) is 54.6 Å². The van der Waals surface area contributed by atoms with E-state index in [1.807, 2.05) is 36.4 Å². The molecule has 142 valence electrons. The number of hydrogen-bond acceptors (Lipinski definition) is 4. The number of benzene rings is 2. The first-order valence-electron chi connectivity index (χ1n) is 8.76. The molecule has 0 heterocycles. The molecule has 2 rings (SSSR count). The van der Waals surface area contributed by atoms with Crippen molar-refractivity contribution in [3.8, 4) is 11.5 Å². The summed E-state index contributed by atoms with van der Waals surface area (Å²) in [5.41, 5.74) is -0.118. The van der Waals surface area contributed by atoms with Crippen LogP contribution in [0.2, 0.25) is 0 Å². The Morgan fingerprint density at radius 2 is 1.31 bits per heavy atom. The highest BCUT2D eigenvalue weighted by Crippen LogP contribution is 2.35. The Hall–Kier alpha value is -1.61. The lowest BCUT2D eigenvalue weighted by atomic mass is 9.76. The molecule has 2 aromatic carbocycles. The molecule has 2 aromatic rings. The number of para-hydroxylation sites is 2. The zero-order valence-corrected chi connectivity index (χ0v) is 16.9. The van der Waals surface area contributed by atoms with Crippen LogP contribution in [-0.2, 0) is 0 Å². The van der Waals surface area contributed by atoms with Gasteiger partial charge in [0, 0.05) is 0 Å². The number of rotatable bonds is 9. The smallest absolute Gasteiger partial charge is 0.203 e. The molecule has 0 fully saturated rings. The van der Waals surface area contributed by atoms with E-state index in [4.69, 9.17) is 9.47 Å². The molecule has 0 aliphatic rings. The second kappa shape index (κ2) is 8.85. The van der Waals surface area contributed by atoms with Crippen LogP contribution in [0, 0.1) is 10.8 Å². The van der Waals surface area contributed by atoms with Crippen molar-refractivity contribution < 1.29 is 19.3 Å². The molecule has 0 radical (unpaired) electrons. The Morgan fingerprint density at radius 1 is 0.769 bits per heavy atom. The first-order valence-corrected chi connectivity index (χ1v) is 10.0. The Bertz CT molecular complexity index is 683. The predicted molar refractivity (Wildman–Crippen MR) is 107 cm³/mol. The highest BCUT2D eigenvalue weighted by molar-refractivity contribution is 7.54. The van der Waals surface area contributed by atoms with Gasteiger partial charge in [-0.25, -0.2) is 0 Å². The topological polar surface area (TPSA) is 58.9 Å². The maximum atomic E-state index is 9.52. The summed E-state index contributed by atoms with van der Waals surface area (Å²) in [6, 6.07) is 16.9. The zero-order chi connectivity index (χ0) is 19.2. The molecule has 26 heavy (non-hydrogen) atoms. The van der Waals surface area contributed by atoms with Gasteiger partial charge in [-0.05, 0) is 41.5 Å². The monoisotopic (exact) mass is 376 g/mol. The summed E-state index contributed by atoms with van der Waals surface area (Å²) in [6.07, 6.45) is 0.905. The molecule has 0 bridgehead atoms. The van der Waals surface area contributed by atoms with E-state index in [9.17, 15) is 9.79 Å². The van der Waals surface area contributed by atoms with Crippen LogP contribution in [-0.4, -0.2) is 23.0 Å². The average molecular weight is 376 g/mol. The van der Waals surface area contributed by atoms with Crippen LogP contribution in [0.1, 0.15) is 34.1 Å². The van der Waals surface area contributed by atoms with E-state index in [1.54, 1.807) is 18.2 Å². The van der Waals surface area contributed by atoms with Gasteiger partial charge in [0.05, 0.1) is 18.5 Å². The van der Waals surface area contributed by atoms with Gasteiger partial charge >= 0.3 is 0 Å². The highest BCUT2D eigenvalue weighted by atomic mass is 31.2. The second-order valence-electron chi connectivity index (χ2n) is 8.15. The summed E-state index contributed by atoms with van der Waals surface area (Å²) < 4.78 is 11.9. The van der Waals surface area contributed by atoms with E-state index in [0.717, 1.165) is 12.2 Å². The van der Waals surface area contributed by atoms with Crippen molar-refractivity contribution in [2.75, 3.05) is 13.2 Å². The minimum Gasteiger partial charge on any atom is -0.493 e. The fourth-order valence-corrected chi connectivity index (χ4v) is 3.77. The minimum atomic E-state index is -2.17. The SMILES string of the molecule is CC(C)(COc1ccccc1)CC(C)(C)COc1ccccc1P(O)O. The van der Waals surface area contributed by atoms with E-state index in [-0.39, 0.29) is 10.8 Å². The molecule has 4 nitrogen and oxygen atoms in total. The Labute approximate surface area is 157 Å². The Balaban J connectivity index is 1.92. The summed E-state index contributed by atoms with van der Waals surface area (Å²) in [6.45, 7) is 9.79. The molecule has 0 aromatic heterocycles. The molecule has 0 saturated heterocycles. The van der Waals surface area contributed by atoms with E-state index in [1.165, 1.54) is 0 Å². The first kappa shape index (κ1) is 20.7. The van der Waals surface area contributed by atoms with E-state index in [2.05, 4.69) is 27.7 Å². The van der Waals surface area contributed by atoms with Gasteiger partial charge in [0.15, 0.2) is 0 Å². The predicted octanol–water partition coefficient (Wildman–Crippen LogP) is 4.51. The van der Waals surface area contributed by atoms with Crippen LogP contribution < -0.4 is 14.8 Å². The fourth-order valence-electron chi connectivity index (χ4n) is 3.21. The van der Waals surface area contributed by atoms with Crippen molar-refractivity contribution in [2.45, 2.75) is 34.1 Å². The first-order chi connectivity index (χ1) is 12.2. The molecule has 0 atom stereocenters. The molecule has 5 heteroatoms. The molecule has 0 aliphatic heterocycles. The standard InChI is InChI=1S/C21H29O4P/c1-20(2,15-24-17-10-6-5-7-11-17)14-21(3,4)16-25-18-12-8-9-13-19(18)26(22)23/h5-13,22-23H,14-16H2,1-4H3.